The second-order valence-electron chi connectivity index (χ2n) is 7.11. The van der Waals surface area contributed by atoms with Crippen molar-refractivity contribution in [1.29, 1.82) is 0 Å². The minimum atomic E-state index is -0.568. The van der Waals surface area contributed by atoms with Gasteiger partial charge in [-0.25, -0.2) is 9.18 Å². The van der Waals surface area contributed by atoms with Crippen molar-refractivity contribution < 1.29 is 23.5 Å². The van der Waals surface area contributed by atoms with E-state index in [1.807, 2.05) is 0 Å². The molecular weight excluding hydrogens is 417 g/mol. The minimum Gasteiger partial charge on any atom is -0.469 e. The van der Waals surface area contributed by atoms with E-state index < -0.39 is 17.7 Å². The first kappa shape index (κ1) is 20.1. The molecule has 1 fully saturated rings. The van der Waals surface area contributed by atoms with Gasteiger partial charge in [0, 0.05) is 25.2 Å². The van der Waals surface area contributed by atoms with Crippen LogP contribution >= 0.6 is 11.6 Å². The van der Waals surface area contributed by atoms with Gasteiger partial charge in [0.25, 0.3) is 0 Å². The van der Waals surface area contributed by atoms with Gasteiger partial charge < -0.3 is 19.9 Å². The Balaban J connectivity index is 1.49. The standard InChI is InChI=1S/C19H19ClFN5O4/c1-30-18(28)11-6-17(27)25(9-11)15-8-22-26-5-4-24(10-16(15)26)19(29)23-12-2-3-14(21)13(20)7-12/h2-3,7-8,11H,4-6,9-10H2,1H3,(H,23,29). The summed E-state index contributed by atoms with van der Waals surface area (Å²) in [6.45, 7) is 1.30. The van der Waals surface area contributed by atoms with Gasteiger partial charge in [-0.1, -0.05) is 11.6 Å². The molecule has 3 amide bonds. The summed E-state index contributed by atoms with van der Waals surface area (Å²) < 4.78 is 19.8. The van der Waals surface area contributed by atoms with E-state index >= 15 is 0 Å². The number of hydrogen-bond acceptors (Lipinski definition) is 5. The Morgan fingerprint density at radius 2 is 2.13 bits per heavy atom. The van der Waals surface area contributed by atoms with Gasteiger partial charge in [0.05, 0.1) is 48.7 Å². The number of rotatable bonds is 3. The third-order valence-electron chi connectivity index (χ3n) is 5.26. The summed E-state index contributed by atoms with van der Waals surface area (Å²) in [7, 11) is 1.29. The molecule has 1 unspecified atom stereocenters. The van der Waals surface area contributed by atoms with Gasteiger partial charge in [0.2, 0.25) is 5.91 Å². The summed E-state index contributed by atoms with van der Waals surface area (Å²) in [5.74, 6) is -1.71. The smallest absolute Gasteiger partial charge is 0.322 e. The second kappa shape index (κ2) is 7.94. The van der Waals surface area contributed by atoms with Gasteiger partial charge in [-0.2, -0.15) is 5.10 Å². The number of aromatic nitrogens is 2. The molecule has 158 valence electrons. The number of amides is 3. The first-order valence-corrected chi connectivity index (χ1v) is 9.69. The third-order valence-corrected chi connectivity index (χ3v) is 5.55. The Morgan fingerprint density at radius 1 is 1.33 bits per heavy atom. The Hall–Kier alpha value is -3.14. The molecule has 0 bridgehead atoms. The van der Waals surface area contributed by atoms with Gasteiger partial charge in [-0.3, -0.25) is 14.3 Å². The number of nitrogens with zero attached hydrogens (tertiary/aromatic N) is 4. The lowest BCUT2D eigenvalue weighted by atomic mass is 10.1. The molecule has 1 N–H and O–H groups in total. The van der Waals surface area contributed by atoms with Gasteiger partial charge in [0.1, 0.15) is 5.82 Å². The van der Waals surface area contributed by atoms with E-state index in [1.54, 1.807) is 15.8 Å². The van der Waals surface area contributed by atoms with Crippen LogP contribution in [0.1, 0.15) is 12.1 Å². The number of urea groups is 1. The van der Waals surface area contributed by atoms with Crippen LogP contribution < -0.4 is 10.2 Å². The van der Waals surface area contributed by atoms with Gasteiger partial charge in [-0.05, 0) is 18.2 Å². The fourth-order valence-electron chi connectivity index (χ4n) is 3.67. The molecule has 0 saturated carbocycles. The molecule has 1 aromatic heterocycles. The Morgan fingerprint density at radius 3 is 2.87 bits per heavy atom. The van der Waals surface area contributed by atoms with Crippen LogP contribution in [0.5, 0.6) is 0 Å². The zero-order chi connectivity index (χ0) is 21.4. The lowest BCUT2D eigenvalue weighted by Crippen LogP contribution is -2.41. The summed E-state index contributed by atoms with van der Waals surface area (Å²) in [5.41, 5.74) is 1.66. The maximum atomic E-state index is 13.3. The largest absolute Gasteiger partial charge is 0.469 e. The van der Waals surface area contributed by atoms with Crippen molar-refractivity contribution in [3.63, 3.8) is 0 Å². The maximum absolute atomic E-state index is 13.3. The van der Waals surface area contributed by atoms with Crippen LogP contribution in [0.2, 0.25) is 5.02 Å². The zero-order valence-electron chi connectivity index (χ0n) is 16.1. The number of hydrogen-bond donors (Lipinski definition) is 1. The summed E-state index contributed by atoms with van der Waals surface area (Å²) in [6.07, 6.45) is 1.65. The molecule has 0 radical (unpaired) electrons. The van der Waals surface area contributed by atoms with E-state index in [0.29, 0.717) is 30.2 Å². The predicted octanol–water partition coefficient (Wildman–Crippen LogP) is 2.25. The van der Waals surface area contributed by atoms with E-state index in [0.717, 1.165) is 0 Å². The molecule has 2 aromatic rings. The van der Waals surface area contributed by atoms with Gasteiger partial charge >= 0.3 is 12.0 Å². The molecule has 11 heteroatoms. The molecule has 0 aliphatic carbocycles. The highest BCUT2D eigenvalue weighted by molar-refractivity contribution is 6.31. The number of ether oxygens (including phenoxy) is 1. The average Bonchev–Trinajstić information content (AvgIpc) is 3.32. The van der Waals surface area contributed by atoms with Crippen molar-refractivity contribution in [2.24, 2.45) is 5.92 Å². The number of benzene rings is 1. The quantitative estimate of drug-likeness (QED) is 0.746. The minimum absolute atomic E-state index is 0.0762. The third kappa shape index (κ3) is 3.70. The van der Waals surface area contributed by atoms with Crippen molar-refractivity contribution in [2.75, 3.05) is 30.4 Å². The summed E-state index contributed by atoms with van der Waals surface area (Å²) in [5, 5.41) is 6.92. The van der Waals surface area contributed by atoms with Crippen molar-refractivity contribution >= 4 is 40.9 Å². The maximum Gasteiger partial charge on any atom is 0.322 e. The number of carbonyl (C=O) groups is 3. The first-order chi connectivity index (χ1) is 14.4. The zero-order valence-corrected chi connectivity index (χ0v) is 16.9. The molecule has 3 heterocycles. The SMILES string of the molecule is COC(=O)C1CC(=O)N(c2cnn3c2CN(C(=O)Nc2ccc(F)c(Cl)c2)CC3)C1. The van der Waals surface area contributed by atoms with Crippen LogP contribution in [-0.2, 0) is 27.4 Å². The van der Waals surface area contributed by atoms with Crippen LogP contribution in [0.4, 0.5) is 20.6 Å². The highest BCUT2D eigenvalue weighted by Crippen LogP contribution is 2.31. The predicted molar refractivity (Wildman–Crippen MR) is 106 cm³/mol. The van der Waals surface area contributed by atoms with Crippen molar-refractivity contribution in [3.8, 4) is 0 Å². The molecule has 0 spiro atoms. The van der Waals surface area contributed by atoms with E-state index in [2.05, 4.69) is 10.4 Å². The molecular formula is C19H19ClFN5O4. The molecule has 1 saturated heterocycles. The van der Waals surface area contributed by atoms with Crippen LogP contribution in [0.25, 0.3) is 0 Å². The van der Waals surface area contributed by atoms with Crippen LogP contribution in [0.3, 0.4) is 0 Å². The number of esters is 1. The Bertz CT molecular complexity index is 1030. The number of anilines is 2. The fraction of sp³-hybridized carbons (Fsp3) is 0.368. The summed E-state index contributed by atoms with van der Waals surface area (Å²) in [4.78, 5) is 40.0. The normalized spacial score (nSPS) is 18.4. The lowest BCUT2D eigenvalue weighted by molar-refractivity contribution is -0.145. The highest BCUT2D eigenvalue weighted by atomic mass is 35.5. The van der Waals surface area contributed by atoms with Crippen molar-refractivity contribution in [3.05, 3.63) is 40.9 Å². The first-order valence-electron chi connectivity index (χ1n) is 9.31. The number of methoxy groups -OCH3 is 1. The lowest BCUT2D eigenvalue weighted by Gasteiger charge is -2.29. The number of nitrogens with one attached hydrogen (secondary N) is 1. The monoisotopic (exact) mass is 435 g/mol. The summed E-state index contributed by atoms with van der Waals surface area (Å²) in [6, 6.07) is 3.56. The molecule has 4 rings (SSSR count). The molecule has 9 nitrogen and oxygen atoms in total. The molecule has 1 atom stereocenters. The average molecular weight is 436 g/mol. The van der Waals surface area contributed by atoms with Gasteiger partial charge in [0.15, 0.2) is 0 Å². The topological polar surface area (TPSA) is 96.8 Å². The molecule has 2 aliphatic rings. The number of halogens is 2. The second-order valence-corrected chi connectivity index (χ2v) is 7.52. The van der Waals surface area contributed by atoms with E-state index in [9.17, 15) is 18.8 Å². The Labute approximate surface area is 176 Å². The van der Waals surface area contributed by atoms with Crippen molar-refractivity contribution in [1.82, 2.24) is 14.7 Å². The number of carbonyl (C=O) groups excluding carboxylic acids is 3. The molecule has 1 aromatic carbocycles. The highest BCUT2D eigenvalue weighted by Gasteiger charge is 2.38. The van der Waals surface area contributed by atoms with Crippen LogP contribution in [0.15, 0.2) is 24.4 Å². The van der Waals surface area contributed by atoms with E-state index in [4.69, 9.17) is 16.3 Å². The van der Waals surface area contributed by atoms with Crippen LogP contribution in [0, 0.1) is 11.7 Å². The number of fused-ring (bicyclic) bond motifs is 1. The van der Waals surface area contributed by atoms with Gasteiger partial charge in [-0.15, -0.1) is 0 Å². The Kier molecular flexibility index (Phi) is 5.33. The summed E-state index contributed by atoms with van der Waals surface area (Å²) >= 11 is 5.77. The molecule has 30 heavy (non-hydrogen) atoms. The molecule has 2 aliphatic heterocycles. The van der Waals surface area contributed by atoms with Crippen molar-refractivity contribution in [2.45, 2.75) is 19.5 Å². The van der Waals surface area contributed by atoms with E-state index in [1.165, 1.54) is 30.2 Å². The van der Waals surface area contributed by atoms with Crippen LogP contribution in [-0.4, -0.2) is 52.8 Å². The van der Waals surface area contributed by atoms with E-state index in [-0.39, 0.29) is 36.5 Å². The fourth-order valence-corrected chi connectivity index (χ4v) is 3.85.